The van der Waals surface area contributed by atoms with Gasteiger partial charge in [-0.15, -0.1) is 0 Å². The summed E-state index contributed by atoms with van der Waals surface area (Å²) in [7, 11) is -0.639. The van der Waals surface area contributed by atoms with Crippen molar-refractivity contribution in [3.63, 3.8) is 0 Å². The lowest BCUT2D eigenvalue weighted by Gasteiger charge is -2.14. The number of nitrogens with one attached hydrogen (secondary N) is 2. The Hall–Kier alpha value is -2.58. The van der Waals surface area contributed by atoms with Crippen LogP contribution in [0.3, 0.4) is 0 Å². The van der Waals surface area contributed by atoms with Gasteiger partial charge in [0.15, 0.2) is 11.5 Å². The van der Waals surface area contributed by atoms with Crippen LogP contribution in [0.2, 0.25) is 0 Å². The summed E-state index contributed by atoms with van der Waals surface area (Å²) in [5, 5.41) is 2.73. The Bertz CT molecular complexity index is 895. The molecule has 8 heteroatoms. The van der Waals surface area contributed by atoms with Crippen LogP contribution in [0.15, 0.2) is 47.4 Å². The smallest absolute Gasteiger partial charge is 0.259 e. The largest absolute Gasteiger partial charge is 0.493 e. The van der Waals surface area contributed by atoms with Gasteiger partial charge in [0.05, 0.1) is 24.7 Å². The van der Waals surface area contributed by atoms with Gasteiger partial charge in [0, 0.05) is 11.7 Å². The highest BCUT2D eigenvalue weighted by Crippen LogP contribution is 2.31. The molecule has 2 aromatic rings. The van der Waals surface area contributed by atoms with E-state index in [2.05, 4.69) is 10.0 Å². The number of sulfonamides is 1. The summed E-state index contributed by atoms with van der Waals surface area (Å²) in [4.78, 5) is 12.7. The predicted octanol–water partition coefficient (Wildman–Crippen LogP) is 3.03. The Labute approximate surface area is 159 Å². The molecule has 146 valence electrons. The summed E-state index contributed by atoms with van der Waals surface area (Å²) in [6.07, 6.45) is 0.690. The first-order valence-electron chi connectivity index (χ1n) is 8.47. The number of amides is 1. The summed E-state index contributed by atoms with van der Waals surface area (Å²) >= 11 is 0. The van der Waals surface area contributed by atoms with E-state index in [0.29, 0.717) is 29.2 Å². The first kappa shape index (κ1) is 20.7. The van der Waals surface area contributed by atoms with Crippen LogP contribution in [0.1, 0.15) is 30.6 Å². The zero-order valence-electron chi connectivity index (χ0n) is 15.8. The second-order valence-electron chi connectivity index (χ2n) is 5.95. The number of rotatable bonds is 8. The van der Waals surface area contributed by atoms with Crippen molar-refractivity contribution in [1.29, 1.82) is 0 Å². The average Bonchev–Trinajstić information content (AvgIpc) is 2.67. The van der Waals surface area contributed by atoms with Crippen molar-refractivity contribution < 1.29 is 22.7 Å². The Morgan fingerprint density at radius 1 is 1.07 bits per heavy atom. The fraction of sp³-hybridized carbons (Fsp3) is 0.316. The monoisotopic (exact) mass is 392 g/mol. The minimum Gasteiger partial charge on any atom is -0.493 e. The molecule has 2 aromatic carbocycles. The first-order valence-corrected chi connectivity index (χ1v) is 9.95. The van der Waals surface area contributed by atoms with E-state index in [1.807, 2.05) is 6.92 Å². The Morgan fingerprint density at radius 2 is 1.74 bits per heavy atom. The van der Waals surface area contributed by atoms with Crippen LogP contribution < -0.4 is 19.5 Å². The van der Waals surface area contributed by atoms with Crippen LogP contribution in [0, 0.1) is 0 Å². The second kappa shape index (κ2) is 8.88. The molecule has 1 amide bonds. The number of para-hydroxylation sites is 1. The van der Waals surface area contributed by atoms with Gasteiger partial charge in [-0.3, -0.25) is 4.79 Å². The highest BCUT2D eigenvalue weighted by Gasteiger charge is 2.18. The molecular formula is C19H24N2O5S. The molecule has 2 N–H and O–H groups in total. The molecule has 0 spiro atoms. The van der Waals surface area contributed by atoms with Gasteiger partial charge in [0.1, 0.15) is 0 Å². The summed E-state index contributed by atoms with van der Waals surface area (Å²) in [5.74, 6) is 0.385. The number of ether oxygens (including phenoxy) is 2. The predicted molar refractivity (Wildman–Crippen MR) is 104 cm³/mol. The van der Waals surface area contributed by atoms with Crippen molar-refractivity contribution in [2.45, 2.75) is 31.2 Å². The van der Waals surface area contributed by atoms with Crippen LogP contribution in [0.5, 0.6) is 11.5 Å². The molecule has 0 unspecified atom stereocenters. The minimum absolute atomic E-state index is 0.139. The molecule has 0 aliphatic rings. The Balaban J connectivity index is 2.19. The van der Waals surface area contributed by atoms with E-state index in [1.165, 1.54) is 38.5 Å². The van der Waals surface area contributed by atoms with E-state index in [0.717, 1.165) is 0 Å². The van der Waals surface area contributed by atoms with Crippen LogP contribution in [-0.4, -0.2) is 34.6 Å². The summed E-state index contributed by atoms with van der Waals surface area (Å²) in [5.41, 5.74) is 0.777. The van der Waals surface area contributed by atoms with Gasteiger partial charge >= 0.3 is 0 Å². The maximum absolute atomic E-state index is 12.6. The summed E-state index contributed by atoms with van der Waals surface area (Å²) in [6, 6.07) is 10.8. The molecule has 0 saturated heterocycles. The van der Waals surface area contributed by atoms with Crippen molar-refractivity contribution in [1.82, 2.24) is 4.72 Å². The number of hydrogen-bond acceptors (Lipinski definition) is 5. The second-order valence-corrected chi connectivity index (χ2v) is 7.66. The maximum atomic E-state index is 12.6. The molecular weight excluding hydrogens is 368 g/mol. The molecule has 0 aliphatic heterocycles. The lowest BCUT2D eigenvalue weighted by molar-refractivity contribution is 0.102. The quantitative estimate of drug-likeness (QED) is 0.720. The molecule has 0 aromatic heterocycles. The van der Waals surface area contributed by atoms with Crippen molar-refractivity contribution in [2.24, 2.45) is 0 Å². The van der Waals surface area contributed by atoms with E-state index < -0.39 is 10.0 Å². The standard InChI is InChI=1S/C19H24N2O5S/c1-5-13(2)21-27(23,24)15-11-9-14(10-12-15)20-19(22)16-7-6-8-17(25-3)18(16)26-4/h6-13,21H,5H2,1-4H3,(H,20,22)/t13-/m1/s1. The summed E-state index contributed by atoms with van der Waals surface area (Å²) in [6.45, 7) is 3.70. The van der Waals surface area contributed by atoms with E-state index in [1.54, 1.807) is 25.1 Å². The average molecular weight is 392 g/mol. The Morgan fingerprint density at radius 3 is 2.30 bits per heavy atom. The molecule has 0 bridgehead atoms. The van der Waals surface area contributed by atoms with Gasteiger partial charge in [-0.1, -0.05) is 13.0 Å². The van der Waals surface area contributed by atoms with Crippen molar-refractivity contribution >= 4 is 21.6 Å². The molecule has 1 atom stereocenters. The molecule has 0 heterocycles. The van der Waals surface area contributed by atoms with E-state index in [9.17, 15) is 13.2 Å². The normalized spacial score (nSPS) is 12.3. The van der Waals surface area contributed by atoms with Gasteiger partial charge in [0.25, 0.3) is 5.91 Å². The highest BCUT2D eigenvalue weighted by atomic mass is 32.2. The van der Waals surface area contributed by atoms with Gasteiger partial charge in [-0.05, 0) is 49.7 Å². The van der Waals surface area contributed by atoms with E-state index in [-0.39, 0.29) is 16.8 Å². The number of carbonyl (C=O) groups is 1. The first-order chi connectivity index (χ1) is 12.8. The molecule has 0 fully saturated rings. The number of hydrogen-bond donors (Lipinski definition) is 2. The molecule has 7 nitrogen and oxygen atoms in total. The molecule has 0 radical (unpaired) electrons. The van der Waals surface area contributed by atoms with Crippen LogP contribution in [-0.2, 0) is 10.0 Å². The number of benzene rings is 2. The van der Waals surface area contributed by atoms with Crippen molar-refractivity contribution in [3.05, 3.63) is 48.0 Å². The summed E-state index contributed by atoms with van der Waals surface area (Å²) < 4.78 is 37.6. The van der Waals surface area contributed by atoms with Gasteiger partial charge in [0.2, 0.25) is 10.0 Å². The third-order valence-electron chi connectivity index (χ3n) is 4.04. The topological polar surface area (TPSA) is 93.7 Å². The lowest BCUT2D eigenvalue weighted by Crippen LogP contribution is -2.31. The van der Waals surface area contributed by atoms with Crippen LogP contribution in [0.25, 0.3) is 0 Å². The zero-order chi connectivity index (χ0) is 20.0. The third-order valence-corrected chi connectivity index (χ3v) is 5.64. The van der Waals surface area contributed by atoms with Crippen LogP contribution in [0.4, 0.5) is 5.69 Å². The Kier molecular flexibility index (Phi) is 6.81. The fourth-order valence-corrected chi connectivity index (χ4v) is 3.72. The maximum Gasteiger partial charge on any atom is 0.259 e. The molecule has 2 rings (SSSR count). The minimum atomic E-state index is -3.59. The van der Waals surface area contributed by atoms with E-state index >= 15 is 0 Å². The third kappa shape index (κ3) is 4.99. The van der Waals surface area contributed by atoms with Gasteiger partial charge < -0.3 is 14.8 Å². The van der Waals surface area contributed by atoms with Crippen molar-refractivity contribution in [3.8, 4) is 11.5 Å². The zero-order valence-corrected chi connectivity index (χ0v) is 16.6. The number of anilines is 1. The SMILES string of the molecule is CC[C@@H](C)NS(=O)(=O)c1ccc(NC(=O)c2cccc(OC)c2OC)cc1. The molecule has 0 saturated carbocycles. The number of methoxy groups -OCH3 is 2. The van der Waals surface area contributed by atoms with Gasteiger partial charge in [-0.2, -0.15) is 0 Å². The van der Waals surface area contributed by atoms with E-state index in [4.69, 9.17) is 9.47 Å². The van der Waals surface area contributed by atoms with Crippen molar-refractivity contribution in [2.75, 3.05) is 19.5 Å². The molecule has 0 aliphatic carbocycles. The fourth-order valence-electron chi connectivity index (χ4n) is 2.40. The molecule has 27 heavy (non-hydrogen) atoms. The van der Waals surface area contributed by atoms with Crippen LogP contribution >= 0.6 is 0 Å². The highest BCUT2D eigenvalue weighted by molar-refractivity contribution is 7.89. The van der Waals surface area contributed by atoms with Gasteiger partial charge in [-0.25, -0.2) is 13.1 Å². The number of carbonyl (C=O) groups excluding carboxylic acids is 1. The lowest BCUT2D eigenvalue weighted by atomic mass is 10.1.